The van der Waals surface area contributed by atoms with Crippen molar-refractivity contribution in [1.82, 2.24) is 10.6 Å². The number of carbonyl (C=O) groups is 3. The number of nitrogens with one attached hydrogen (secondary N) is 3. The Balaban J connectivity index is 1.94. The number of aryl methyl sites for hydroxylation is 1. The van der Waals surface area contributed by atoms with Gasteiger partial charge < -0.3 is 20.7 Å². The van der Waals surface area contributed by atoms with E-state index in [0.717, 1.165) is 5.56 Å². The molecule has 0 saturated carbocycles. The van der Waals surface area contributed by atoms with Gasteiger partial charge in [-0.1, -0.05) is 26.0 Å². The second-order valence-electron chi connectivity index (χ2n) is 6.64. The molecule has 150 valence electrons. The molecule has 0 bridgehead atoms. The average Bonchev–Trinajstić information content (AvgIpc) is 3.19. The maximum absolute atomic E-state index is 12.5. The zero-order valence-electron chi connectivity index (χ0n) is 16.4. The number of amides is 3. The Bertz CT molecular complexity index is 834. The largest absolute Gasteiger partial charge is 0.495 e. The monoisotopic (exact) mass is 403 g/mol. The molecule has 3 amide bonds. The second-order valence-corrected chi connectivity index (χ2v) is 7.59. The van der Waals surface area contributed by atoms with Crippen LogP contribution in [0, 0.1) is 12.8 Å². The number of anilines is 1. The summed E-state index contributed by atoms with van der Waals surface area (Å²) < 4.78 is 5.23. The van der Waals surface area contributed by atoms with Crippen LogP contribution in [0.3, 0.4) is 0 Å². The van der Waals surface area contributed by atoms with E-state index in [4.69, 9.17) is 4.74 Å². The van der Waals surface area contributed by atoms with Crippen LogP contribution < -0.4 is 20.7 Å². The summed E-state index contributed by atoms with van der Waals surface area (Å²) in [5.41, 5.74) is 1.50. The van der Waals surface area contributed by atoms with Crippen molar-refractivity contribution < 1.29 is 19.1 Å². The lowest BCUT2D eigenvalue weighted by Crippen LogP contribution is -2.50. The van der Waals surface area contributed by atoms with Gasteiger partial charge in [-0.25, -0.2) is 0 Å². The maximum atomic E-state index is 12.5. The number of ether oxygens (including phenoxy) is 1. The molecule has 1 aromatic carbocycles. The highest BCUT2D eigenvalue weighted by molar-refractivity contribution is 7.12. The highest BCUT2D eigenvalue weighted by Crippen LogP contribution is 2.24. The van der Waals surface area contributed by atoms with E-state index in [1.165, 1.54) is 18.4 Å². The van der Waals surface area contributed by atoms with Crippen molar-refractivity contribution in [2.45, 2.75) is 26.8 Å². The van der Waals surface area contributed by atoms with Gasteiger partial charge in [0.2, 0.25) is 11.8 Å². The Morgan fingerprint density at radius 2 is 1.93 bits per heavy atom. The van der Waals surface area contributed by atoms with Gasteiger partial charge in [0.15, 0.2) is 0 Å². The SMILES string of the molecule is COc1ccc(C)cc1NC(=O)CNC(=O)C(NC(=O)c1cccs1)C(C)C. The van der Waals surface area contributed by atoms with Crippen molar-refractivity contribution in [1.29, 1.82) is 0 Å². The summed E-state index contributed by atoms with van der Waals surface area (Å²) in [6.45, 7) is 5.35. The lowest BCUT2D eigenvalue weighted by molar-refractivity contribution is -0.126. The zero-order chi connectivity index (χ0) is 20.7. The van der Waals surface area contributed by atoms with Gasteiger partial charge >= 0.3 is 0 Å². The first-order valence-corrected chi connectivity index (χ1v) is 9.76. The van der Waals surface area contributed by atoms with E-state index in [1.54, 1.807) is 29.6 Å². The molecular formula is C20H25N3O4S. The lowest BCUT2D eigenvalue weighted by atomic mass is 10.0. The van der Waals surface area contributed by atoms with Crippen molar-refractivity contribution >= 4 is 34.7 Å². The van der Waals surface area contributed by atoms with Gasteiger partial charge in [-0.15, -0.1) is 11.3 Å². The Labute approximate surface area is 168 Å². The van der Waals surface area contributed by atoms with Crippen LogP contribution in [0.1, 0.15) is 29.1 Å². The van der Waals surface area contributed by atoms with Crippen molar-refractivity contribution in [3.8, 4) is 5.75 Å². The highest BCUT2D eigenvalue weighted by Gasteiger charge is 2.25. The van der Waals surface area contributed by atoms with Gasteiger partial charge in [-0.3, -0.25) is 14.4 Å². The second kappa shape index (κ2) is 9.89. The topological polar surface area (TPSA) is 96.5 Å². The average molecular weight is 404 g/mol. The van der Waals surface area contributed by atoms with Crippen molar-refractivity contribution in [3.63, 3.8) is 0 Å². The number of carbonyl (C=O) groups excluding carboxylic acids is 3. The van der Waals surface area contributed by atoms with Crippen LogP contribution in [-0.4, -0.2) is 37.4 Å². The number of rotatable bonds is 8. The Morgan fingerprint density at radius 1 is 1.18 bits per heavy atom. The van der Waals surface area contributed by atoms with E-state index in [1.807, 2.05) is 26.8 Å². The quantitative estimate of drug-likeness (QED) is 0.631. The van der Waals surface area contributed by atoms with E-state index >= 15 is 0 Å². The van der Waals surface area contributed by atoms with Gasteiger partial charge in [0.05, 0.1) is 24.2 Å². The fourth-order valence-corrected chi connectivity index (χ4v) is 3.17. The van der Waals surface area contributed by atoms with E-state index in [2.05, 4.69) is 16.0 Å². The fraction of sp³-hybridized carbons (Fsp3) is 0.350. The molecule has 0 fully saturated rings. The maximum Gasteiger partial charge on any atom is 0.262 e. The molecule has 3 N–H and O–H groups in total. The van der Waals surface area contributed by atoms with Gasteiger partial charge in [0, 0.05) is 0 Å². The summed E-state index contributed by atoms with van der Waals surface area (Å²) in [4.78, 5) is 37.5. The number of thiophene rings is 1. The minimum absolute atomic E-state index is 0.135. The predicted molar refractivity (Wildman–Crippen MR) is 110 cm³/mol. The first-order chi connectivity index (χ1) is 13.3. The summed E-state index contributed by atoms with van der Waals surface area (Å²) in [5, 5.41) is 9.83. The minimum Gasteiger partial charge on any atom is -0.495 e. The van der Waals surface area contributed by atoms with E-state index in [-0.39, 0.29) is 24.3 Å². The molecule has 2 rings (SSSR count). The van der Waals surface area contributed by atoms with Crippen LogP contribution in [0.2, 0.25) is 0 Å². The third-order valence-electron chi connectivity index (χ3n) is 4.03. The molecule has 28 heavy (non-hydrogen) atoms. The third kappa shape index (κ3) is 5.82. The molecule has 8 heteroatoms. The van der Waals surface area contributed by atoms with Crippen LogP contribution in [0.25, 0.3) is 0 Å². The number of hydrogen-bond donors (Lipinski definition) is 3. The van der Waals surface area contributed by atoms with Crippen LogP contribution in [0.5, 0.6) is 5.75 Å². The Morgan fingerprint density at radius 3 is 2.54 bits per heavy atom. The summed E-state index contributed by atoms with van der Waals surface area (Å²) in [5.74, 6) is -0.703. The fourth-order valence-electron chi connectivity index (χ4n) is 2.55. The Kier molecular flexibility index (Phi) is 7.57. The Hall–Kier alpha value is -2.87. The van der Waals surface area contributed by atoms with E-state index in [9.17, 15) is 14.4 Å². The molecule has 0 aliphatic rings. The predicted octanol–water partition coefficient (Wildman–Crippen LogP) is 2.57. The van der Waals surface area contributed by atoms with Gasteiger partial charge in [-0.05, 0) is 42.0 Å². The molecule has 0 aliphatic heterocycles. The van der Waals surface area contributed by atoms with Crippen LogP contribution in [-0.2, 0) is 9.59 Å². The molecule has 0 aliphatic carbocycles. The molecule has 1 aromatic heterocycles. The lowest BCUT2D eigenvalue weighted by Gasteiger charge is -2.21. The molecule has 2 aromatic rings. The van der Waals surface area contributed by atoms with Crippen molar-refractivity contribution in [2.75, 3.05) is 19.0 Å². The summed E-state index contributed by atoms with van der Waals surface area (Å²) >= 11 is 1.30. The smallest absolute Gasteiger partial charge is 0.262 e. The highest BCUT2D eigenvalue weighted by atomic mass is 32.1. The van der Waals surface area contributed by atoms with Gasteiger partial charge in [0.25, 0.3) is 5.91 Å². The van der Waals surface area contributed by atoms with Gasteiger partial charge in [-0.2, -0.15) is 0 Å². The zero-order valence-corrected chi connectivity index (χ0v) is 17.2. The van der Waals surface area contributed by atoms with Crippen molar-refractivity contribution in [3.05, 3.63) is 46.2 Å². The molecule has 7 nitrogen and oxygen atoms in total. The standard InChI is InChI=1S/C20H25N3O4S/c1-12(2)18(23-19(25)16-6-5-9-28-16)20(26)21-11-17(24)22-14-10-13(3)7-8-15(14)27-4/h5-10,12,18H,11H2,1-4H3,(H,21,26)(H,22,24)(H,23,25). The number of benzene rings is 1. The molecular weight excluding hydrogens is 378 g/mol. The molecule has 1 unspecified atom stereocenters. The van der Waals surface area contributed by atoms with E-state index in [0.29, 0.717) is 16.3 Å². The van der Waals surface area contributed by atoms with Crippen LogP contribution in [0.15, 0.2) is 35.7 Å². The van der Waals surface area contributed by atoms with Crippen LogP contribution >= 0.6 is 11.3 Å². The first kappa shape index (κ1) is 21.4. The molecule has 0 saturated heterocycles. The third-order valence-corrected chi connectivity index (χ3v) is 4.90. The number of hydrogen-bond acceptors (Lipinski definition) is 5. The van der Waals surface area contributed by atoms with Crippen LogP contribution in [0.4, 0.5) is 5.69 Å². The summed E-state index contributed by atoms with van der Waals surface area (Å²) in [7, 11) is 1.52. The first-order valence-electron chi connectivity index (χ1n) is 8.88. The summed E-state index contributed by atoms with van der Waals surface area (Å²) in [6.07, 6.45) is 0. The summed E-state index contributed by atoms with van der Waals surface area (Å²) in [6, 6.07) is 8.15. The van der Waals surface area contributed by atoms with E-state index < -0.39 is 11.9 Å². The normalized spacial score (nSPS) is 11.6. The molecule has 0 radical (unpaired) electrons. The molecule has 0 spiro atoms. The van der Waals surface area contributed by atoms with Crippen molar-refractivity contribution in [2.24, 2.45) is 5.92 Å². The van der Waals surface area contributed by atoms with Gasteiger partial charge in [0.1, 0.15) is 11.8 Å². The number of methoxy groups -OCH3 is 1. The molecule has 1 heterocycles. The minimum atomic E-state index is -0.740. The molecule has 1 atom stereocenters.